The molecule has 0 fully saturated rings. The molecule has 0 saturated carbocycles. The first-order valence-electron chi connectivity index (χ1n) is 8.47. The van der Waals surface area contributed by atoms with Crippen LogP contribution in [0.1, 0.15) is 18.1 Å². The van der Waals surface area contributed by atoms with E-state index in [0.29, 0.717) is 15.8 Å². The van der Waals surface area contributed by atoms with Crippen molar-refractivity contribution in [3.8, 4) is 5.75 Å². The molecule has 2 aromatic carbocycles. The average molecular weight is 409 g/mol. The number of likely N-dealkylation sites (N-methyl/N-ethyl adjacent to an activating group) is 1. The van der Waals surface area contributed by atoms with Crippen LogP contribution in [0.15, 0.2) is 42.5 Å². The molecule has 7 heteroatoms. The first kappa shape index (κ1) is 21.1. The van der Waals surface area contributed by atoms with E-state index in [1.165, 1.54) is 11.9 Å². The van der Waals surface area contributed by atoms with Gasteiger partial charge in [-0.3, -0.25) is 9.59 Å². The number of ether oxygens (including phenoxy) is 1. The maximum absolute atomic E-state index is 12.8. The van der Waals surface area contributed by atoms with Crippen LogP contribution in [-0.4, -0.2) is 36.4 Å². The van der Waals surface area contributed by atoms with Crippen LogP contribution in [0.2, 0.25) is 10.0 Å². The van der Waals surface area contributed by atoms with Gasteiger partial charge in [0, 0.05) is 23.6 Å². The number of amides is 2. The molecule has 2 amide bonds. The predicted molar refractivity (Wildman–Crippen MR) is 107 cm³/mol. The topological polar surface area (TPSA) is 58.6 Å². The van der Waals surface area contributed by atoms with Crippen molar-refractivity contribution in [1.82, 2.24) is 10.2 Å². The number of carbonyl (C=O) groups excluding carboxylic acids is 2. The molecule has 0 heterocycles. The molecule has 0 aliphatic rings. The molecule has 0 unspecified atom stereocenters. The molecule has 1 atom stereocenters. The van der Waals surface area contributed by atoms with E-state index in [9.17, 15) is 9.59 Å². The molecule has 0 radical (unpaired) electrons. The van der Waals surface area contributed by atoms with Crippen LogP contribution in [0.4, 0.5) is 0 Å². The Balaban J connectivity index is 2.16. The Morgan fingerprint density at radius 2 is 1.85 bits per heavy atom. The van der Waals surface area contributed by atoms with Crippen molar-refractivity contribution in [2.75, 3.05) is 13.7 Å². The summed E-state index contributed by atoms with van der Waals surface area (Å²) in [7, 11) is 1.53. The van der Waals surface area contributed by atoms with Gasteiger partial charge in [-0.2, -0.15) is 0 Å². The zero-order valence-corrected chi connectivity index (χ0v) is 17.0. The highest BCUT2D eigenvalue weighted by Crippen LogP contribution is 2.22. The van der Waals surface area contributed by atoms with Gasteiger partial charge in [0.15, 0.2) is 6.61 Å². The van der Waals surface area contributed by atoms with Crippen molar-refractivity contribution in [3.05, 3.63) is 63.6 Å². The van der Waals surface area contributed by atoms with Gasteiger partial charge in [0.2, 0.25) is 5.91 Å². The fourth-order valence-electron chi connectivity index (χ4n) is 2.54. The van der Waals surface area contributed by atoms with Gasteiger partial charge in [0.1, 0.15) is 11.8 Å². The number of aryl methyl sites for hydroxylation is 1. The number of rotatable bonds is 7. The fraction of sp³-hybridized carbons (Fsp3) is 0.300. The minimum Gasteiger partial charge on any atom is -0.484 e. The predicted octanol–water partition coefficient (Wildman–Crippen LogP) is 3.84. The highest BCUT2D eigenvalue weighted by Gasteiger charge is 2.26. The van der Waals surface area contributed by atoms with E-state index in [4.69, 9.17) is 27.9 Å². The van der Waals surface area contributed by atoms with E-state index >= 15 is 0 Å². The largest absolute Gasteiger partial charge is 0.484 e. The molecule has 2 aromatic rings. The molecule has 5 nitrogen and oxygen atoms in total. The summed E-state index contributed by atoms with van der Waals surface area (Å²) in [4.78, 5) is 26.3. The lowest BCUT2D eigenvalue weighted by molar-refractivity contribution is -0.142. The molecule has 0 aliphatic carbocycles. The standard InChI is InChI=1S/C20H22Cl2N2O3/c1-13-10-16(8-9-17(13)21)27-12-19(25)24(14(2)20(26)23-3)11-15-6-4-5-7-18(15)22/h4-10,14H,11-12H2,1-3H3,(H,23,26)/t14-/m0/s1. The van der Waals surface area contributed by atoms with Crippen LogP contribution < -0.4 is 10.1 Å². The lowest BCUT2D eigenvalue weighted by Gasteiger charge is -2.28. The summed E-state index contributed by atoms with van der Waals surface area (Å²) < 4.78 is 5.60. The average Bonchev–Trinajstić information content (AvgIpc) is 2.66. The van der Waals surface area contributed by atoms with Gasteiger partial charge in [0.05, 0.1) is 0 Å². The molecule has 0 aliphatic heterocycles. The third kappa shape index (κ3) is 5.62. The highest BCUT2D eigenvalue weighted by atomic mass is 35.5. The SMILES string of the molecule is CNC(=O)[C@H](C)N(Cc1ccccc1Cl)C(=O)COc1ccc(Cl)c(C)c1. The maximum atomic E-state index is 12.8. The van der Waals surface area contributed by atoms with Crippen molar-refractivity contribution in [2.45, 2.75) is 26.4 Å². The number of nitrogens with one attached hydrogen (secondary N) is 1. The highest BCUT2D eigenvalue weighted by molar-refractivity contribution is 6.31. The Morgan fingerprint density at radius 3 is 2.48 bits per heavy atom. The molecule has 2 rings (SSSR count). The molecule has 0 spiro atoms. The monoisotopic (exact) mass is 408 g/mol. The van der Waals surface area contributed by atoms with E-state index < -0.39 is 6.04 Å². The summed E-state index contributed by atoms with van der Waals surface area (Å²) in [6.45, 7) is 3.53. The van der Waals surface area contributed by atoms with E-state index in [1.54, 1.807) is 31.2 Å². The van der Waals surface area contributed by atoms with Crippen molar-refractivity contribution < 1.29 is 14.3 Å². The van der Waals surface area contributed by atoms with Crippen molar-refractivity contribution >= 4 is 35.0 Å². The molecule has 0 bridgehead atoms. The Labute approximate surface area is 169 Å². The number of carbonyl (C=O) groups is 2. The van der Waals surface area contributed by atoms with Crippen LogP contribution in [0.3, 0.4) is 0 Å². The first-order chi connectivity index (χ1) is 12.8. The molecule has 27 heavy (non-hydrogen) atoms. The Bertz CT molecular complexity index is 827. The lowest BCUT2D eigenvalue weighted by Crippen LogP contribution is -2.48. The molecule has 144 valence electrons. The van der Waals surface area contributed by atoms with E-state index in [1.807, 2.05) is 25.1 Å². The van der Waals surface area contributed by atoms with Crippen molar-refractivity contribution in [2.24, 2.45) is 0 Å². The van der Waals surface area contributed by atoms with Crippen molar-refractivity contribution in [1.29, 1.82) is 0 Å². The Kier molecular flexibility index (Phi) is 7.51. The summed E-state index contributed by atoms with van der Waals surface area (Å²) in [5.74, 6) is -0.0492. The number of hydrogen-bond acceptors (Lipinski definition) is 3. The minimum atomic E-state index is -0.672. The maximum Gasteiger partial charge on any atom is 0.261 e. The number of benzene rings is 2. The van der Waals surface area contributed by atoms with E-state index in [-0.39, 0.29) is 25.0 Å². The molecule has 0 aromatic heterocycles. The quantitative estimate of drug-likeness (QED) is 0.756. The van der Waals surface area contributed by atoms with Crippen molar-refractivity contribution in [3.63, 3.8) is 0 Å². The Morgan fingerprint density at radius 1 is 1.15 bits per heavy atom. The van der Waals surface area contributed by atoms with Gasteiger partial charge >= 0.3 is 0 Å². The second kappa shape index (κ2) is 9.62. The number of nitrogens with zero attached hydrogens (tertiary/aromatic N) is 1. The fourth-order valence-corrected chi connectivity index (χ4v) is 2.85. The van der Waals surface area contributed by atoms with Crippen LogP contribution in [0.5, 0.6) is 5.75 Å². The van der Waals surface area contributed by atoms with Gasteiger partial charge in [-0.15, -0.1) is 0 Å². The van der Waals surface area contributed by atoms with Crippen LogP contribution >= 0.6 is 23.2 Å². The molecular weight excluding hydrogens is 387 g/mol. The molecular formula is C20H22Cl2N2O3. The summed E-state index contributed by atoms with van der Waals surface area (Å²) >= 11 is 12.2. The third-order valence-electron chi connectivity index (χ3n) is 4.20. The number of hydrogen-bond donors (Lipinski definition) is 1. The first-order valence-corrected chi connectivity index (χ1v) is 9.22. The number of halogens is 2. The van der Waals surface area contributed by atoms with Crippen LogP contribution in [0.25, 0.3) is 0 Å². The third-order valence-corrected chi connectivity index (χ3v) is 5.00. The van der Waals surface area contributed by atoms with Gasteiger partial charge in [-0.25, -0.2) is 0 Å². The van der Waals surface area contributed by atoms with Gasteiger partial charge in [0.25, 0.3) is 5.91 Å². The van der Waals surface area contributed by atoms with Gasteiger partial charge in [-0.1, -0.05) is 41.4 Å². The van der Waals surface area contributed by atoms with Gasteiger partial charge < -0.3 is 15.0 Å². The summed E-state index contributed by atoms with van der Waals surface area (Å²) in [5.41, 5.74) is 1.61. The Hall–Kier alpha value is -2.24. The normalized spacial score (nSPS) is 11.6. The van der Waals surface area contributed by atoms with Crippen LogP contribution in [0, 0.1) is 6.92 Å². The van der Waals surface area contributed by atoms with E-state index in [2.05, 4.69) is 5.32 Å². The zero-order valence-electron chi connectivity index (χ0n) is 15.5. The smallest absolute Gasteiger partial charge is 0.261 e. The van der Waals surface area contributed by atoms with Crippen LogP contribution in [-0.2, 0) is 16.1 Å². The van der Waals surface area contributed by atoms with Gasteiger partial charge in [-0.05, 0) is 49.2 Å². The molecule has 1 N–H and O–H groups in total. The second-order valence-corrected chi connectivity index (χ2v) is 6.92. The van der Waals surface area contributed by atoms with E-state index in [0.717, 1.165) is 11.1 Å². The lowest BCUT2D eigenvalue weighted by atomic mass is 10.1. The summed E-state index contributed by atoms with van der Waals surface area (Å²) in [6, 6.07) is 11.7. The second-order valence-electron chi connectivity index (χ2n) is 6.10. The molecule has 0 saturated heterocycles. The summed E-state index contributed by atoms with van der Waals surface area (Å²) in [5, 5.41) is 3.73. The minimum absolute atomic E-state index is 0.202. The zero-order chi connectivity index (χ0) is 20.0. The summed E-state index contributed by atoms with van der Waals surface area (Å²) in [6.07, 6.45) is 0.